The van der Waals surface area contributed by atoms with Crippen molar-refractivity contribution >= 4 is 16.9 Å². The molecule has 22 heavy (non-hydrogen) atoms. The highest BCUT2D eigenvalue weighted by molar-refractivity contribution is 5.91. The molecule has 3 rings (SSSR count). The van der Waals surface area contributed by atoms with Gasteiger partial charge < -0.3 is 14.3 Å². The molecule has 3 aromatic rings. The third-order valence-corrected chi connectivity index (χ3v) is 3.19. The summed E-state index contributed by atoms with van der Waals surface area (Å²) in [7, 11) is 0. The molecule has 1 aromatic heterocycles. The fourth-order valence-electron chi connectivity index (χ4n) is 2.14. The van der Waals surface area contributed by atoms with Crippen molar-refractivity contribution in [3.8, 4) is 5.75 Å². The van der Waals surface area contributed by atoms with E-state index in [1.54, 1.807) is 42.5 Å². The molecule has 110 valence electrons. The summed E-state index contributed by atoms with van der Waals surface area (Å²) in [5, 5.41) is 9.86. The molecule has 0 spiro atoms. The van der Waals surface area contributed by atoms with E-state index in [4.69, 9.17) is 9.15 Å². The van der Waals surface area contributed by atoms with E-state index in [1.165, 1.54) is 12.1 Å². The number of fused-ring (bicyclic) bond motifs is 1. The second-order valence-electron chi connectivity index (χ2n) is 4.66. The normalized spacial score (nSPS) is 10.6. The molecule has 0 amide bonds. The van der Waals surface area contributed by atoms with Gasteiger partial charge in [-0.3, -0.25) is 0 Å². The summed E-state index contributed by atoms with van der Waals surface area (Å²) in [6.07, 6.45) is 0. The summed E-state index contributed by atoms with van der Waals surface area (Å²) in [6.45, 7) is -0.273. The van der Waals surface area contributed by atoms with Crippen LogP contribution in [0.5, 0.6) is 5.75 Å². The number of rotatable bonds is 3. The average molecular weight is 296 g/mol. The standard InChI is InChI=1S/C17H12O5/c18-10-12-8-16(19)22-15-9-13(6-7-14(12)15)21-17(20)11-4-2-1-3-5-11/h1-9,18H,10H2. The van der Waals surface area contributed by atoms with Gasteiger partial charge >= 0.3 is 11.6 Å². The van der Waals surface area contributed by atoms with Crippen LogP contribution in [0.2, 0.25) is 0 Å². The Hall–Kier alpha value is -2.92. The predicted octanol–water partition coefficient (Wildman–Crippen LogP) is 2.50. The van der Waals surface area contributed by atoms with E-state index < -0.39 is 11.6 Å². The van der Waals surface area contributed by atoms with Crippen molar-refractivity contribution in [1.29, 1.82) is 0 Å². The second-order valence-corrected chi connectivity index (χ2v) is 4.66. The Morgan fingerprint density at radius 1 is 1.09 bits per heavy atom. The minimum absolute atomic E-state index is 0.259. The topological polar surface area (TPSA) is 76.7 Å². The first-order chi connectivity index (χ1) is 10.7. The molecule has 1 heterocycles. The van der Waals surface area contributed by atoms with Gasteiger partial charge in [-0.1, -0.05) is 18.2 Å². The molecule has 0 bridgehead atoms. The molecular formula is C17H12O5. The highest BCUT2D eigenvalue weighted by Crippen LogP contribution is 2.23. The van der Waals surface area contributed by atoms with E-state index in [-0.39, 0.29) is 17.9 Å². The molecular weight excluding hydrogens is 284 g/mol. The molecule has 0 aliphatic heterocycles. The number of benzene rings is 2. The zero-order valence-corrected chi connectivity index (χ0v) is 11.5. The largest absolute Gasteiger partial charge is 0.423 e. The summed E-state index contributed by atoms with van der Waals surface area (Å²) in [5.74, 6) is -0.236. The Morgan fingerprint density at radius 3 is 2.59 bits per heavy atom. The number of aliphatic hydroxyl groups is 1. The van der Waals surface area contributed by atoms with Crippen LogP contribution >= 0.6 is 0 Å². The number of carbonyl (C=O) groups excluding carboxylic acids is 1. The SMILES string of the molecule is O=C(Oc1ccc2c(CO)cc(=O)oc2c1)c1ccccc1. The van der Waals surface area contributed by atoms with Gasteiger partial charge in [-0.15, -0.1) is 0 Å². The van der Waals surface area contributed by atoms with Crippen LogP contribution < -0.4 is 10.4 Å². The van der Waals surface area contributed by atoms with Crippen LogP contribution in [-0.2, 0) is 6.61 Å². The van der Waals surface area contributed by atoms with Crippen molar-refractivity contribution in [3.63, 3.8) is 0 Å². The molecule has 0 saturated carbocycles. The second kappa shape index (κ2) is 5.83. The lowest BCUT2D eigenvalue weighted by Crippen LogP contribution is -2.08. The highest BCUT2D eigenvalue weighted by atomic mass is 16.5. The molecule has 0 aliphatic carbocycles. The van der Waals surface area contributed by atoms with E-state index in [0.717, 1.165) is 0 Å². The van der Waals surface area contributed by atoms with Crippen LogP contribution in [0.4, 0.5) is 0 Å². The Kier molecular flexibility index (Phi) is 3.72. The van der Waals surface area contributed by atoms with Crippen molar-refractivity contribution in [1.82, 2.24) is 0 Å². The van der Waals surface area contributed by atoms with Gasteiger partial charge in [-0.2, -0.15) is 0 Å². The van der Waals surface area contributed by atoms with Crippen LogP contribution in [0.25, 0.3) is 11.0 Å². The Morgan fingerprint density at radius 2 is 1.86 bits per heavy atom. The average Bonchev–Trinajstić information content (AvgIpc) is 2.54. The molecule has 2 aromatic carbocycles. The lowest BCUT2D eigenvalue weighted by Gasteiger charge is -2.06. The monoisotopic (exact) mass is 296 g/mol. The number of aliphatic hydroxyl groups excluding tert-OH is 1. The van der Waals surface area contributed by atoms with E-state index in [9.17, 15) is 14.7 Å². The molecule has 0 fully saturated rings. The van der Waals surface area contributed by atoms with Gasteiger partial charge in [0.15, 0.2) is 0 Å². The number of ether oxygens (including phenoxy) is 1. The Bertz CT molecular complexity index is 880. The summed E-state index contributed by atoms with van der Waals surface area (Å²) < 4.78 is 10.3. The Labute approximate surface area is 125 Å². The molecule has 1 N–H and O–H groups in total. The molecule has 0 atom stereocenters. The number of hydrogen-bond donors (Lipinski definition) is 1. The number of esters is 1. The molecule has 0 saturated heterocycles. The summed E-state index contributed by atoms with van der Waals surface area (Å²) in [5.41, 5.74) is 0.582. The van der Waals surface area contributed by atoms with E-state index in [1.807, 2.05) is 0 Å². The first kappa shape index (κ1) is 14.0. The quantitative estimate of drug-likeness (QED) is 0.456. The molecule has 0 aliphatic rings. The maximum atomic E-state index is 12.0. The van der Waals surface area contributed by atoms with Gasteiger partial charge in [0.05, 0.1) is 12.2 Å². The van der Waals surface area contributed by atoms with E-state index in [2.05, 4.69) is 0 Å². The first-order valence-electron chi connectivity index (χ1n) is 6.62. The molecule has 5 nitrogen and oxygen atoms in total. The maximum Gasteiger partial charge on any atom is 0.343 e. The molecule has 5 heteroatoms. The highest BCUT2D eigenvalue weighted by Gasteiger charge is 2.10. The number of carbonyl (C=O) groups is 1. The number of hydrogen-bond acceptors (Lipinski definition) is 5. The predicted molar refractivity (Wildman–Crippen MR) is 79.8 cm³/mol. The van der Waals surface area contributed by atoms with E-state index >= 15 is 0 Å². The van der Waals surface area contributed by atoms with Crippen molar-refractivity contribution < 1.29 is 19.1 Å². The van der Waals surface area contributed by atoms with Gasteiger partial charge in [-0.25, -0.2) is 9.59 Å². The van der Waals surface area contributed by atoms with Crippen molar-refractivity contribution in [2.75, 3.05) is 0 Å². The van der Waals surface area contributed by atoms with Gasteiger partial charge in [0.2, 0.25) is 0 Å². The van der Waals surface area contributed by atoms with Gasteiger partial charge in [0.1, 0.15) is 11.3 Å². The van der Waals surface area contributed by atoms with Crippen molar-refractivity contribution in [3.05, 3.63) is 76.1 Å². The molecule has 0 radical (unpaired) electrons. The van der Waals surface area contributed by atoms with Gasteiger partial charge in [0.25, 0.3) is 0 Å². The first-order valence-corrected chi connectivity index (χ1v) is 6.62. The smallest absolute Gasteiger partial charge is 0.343 e. The van der Waals surface area contributed by atoms with Gasteiger partial charge in [0, 0.05) is 17.5 Å². The van der Waals surface area contributed by atoms with Crippen molar-refractivity contribution in [2.24, 2.45) is 0 Å². The van der Waals surface area contributed by atoms with E-state index in [0.29, 0.717) is 16.5 Å². The third kappa shape index (κ3) is 2.75. The van der Waals surface area contributed by atoms with Crippen LogP contribution in [0.15, 0.2) is 63.8 Å². The van der Waals surface area contributed by atoms with Crippen LogP contribution in [-0.4, -0.2) is 11.1 Å². The fourth-order valence-corrected chi connectivity index (χ4v) is 2.14. The minimum Gasteiger partial charge on any atom is -0.423 e. The molecule has 0 unspecified atom stereocenters. The maximum absolute atomic E-state index is 12.0. The lowest BCUT2D eigenvalue weighted by atomic mass is 10.1. The van der Waals surface area contributed by atoms with Crippen LogP contribution in [0.3, 0.4) is 0 Å². The fraction of sp³-hybridized carbons (Fsp3) is 0.0588. The third-order valence-electron chi connectivity index (χ3n) is 3.19. The summed E-state index contributed by atoms with van der Waals surface area (Å²) >= 11 is 0. The van der Waals surface area contributed by atoms with Gasteiger partial charge in [-0.05, 0) is 29.8 Å². The summed E-state index contributed by atoms with van der Waals surface area (Å²) in [4.78, 5) is 23.4. The summed E-state index contributed by atoms with van der Waals surface area (Å²) in [6, 6.07) is 14.5. The van der Waals surface area contributed by atoms with Crippen LogP contribution in [0.1, 0.15) is 15.9 Å². The Balaban J connectivity index is 1.96. The van der Waals surface area contributed by atoms with Crippen LogP contribution in [0, 0.1) is 0 Å². The zero-order valence-electron chi connectivity index (χ0n) is 11.5. The van der Waals surface area contributed by atoms with Crippen molar-refractivity contribution in [2.45, 2.75) is 6.61 Å². The minimum atomic E-state index is -0.567. The lowest BCUT2D eigenvalue weighted by molar-refractivity contribution is 0.0735. The zero-order chi connectivity index (χ0) is 15.5.